The van der Waals surface area contributed by atoms with Crippen LogP contribution in [0.1, 0.15) is 59.3 Å². The number of amides is 1. The Morgan fingerprint density at radius 2 is 1.77 bits per heavy atom. The maximum atomic E-state index is 12.8. The van der Waals surface area contributed by atoms with Crippen LogP contribution in [0, 0.1) is 11.8 Å². The summed E-state index contributed by atoms with van der Waals surface area (Å²) in [6.45, 7) is 6.00. The molecule has 1 N–H and O–H groups in total. The van der Waals surface area contributed by atoms with E-state index in [-0.39, 0.29) is 30.8 Å². The van der Waals surface area contributed by atoms with Gasteiger partial charge in [0, 0.05) is 31.8 Å². The molecule has 0 aromatic rings. The standard InChI is InChI=1S/C16H28F3NO2/c1-4-5-6-7-13(12(2)3)14(21)20-10-8-15(22,9-11-20)16(17,18)19/h12-13,22H,4-11H2,1-3H3. The molecule has 1 rings (SSSR count). The first-order valence-electron chi connectivity index (χ1n) is 8.20. The van der Waals surface area contributed by atoms with E-state index in [0.29, 0.717) is 0 Å². The summed E-state index contributed by atoms with van der Waals surface area (Å²) >= 11 is 0. The molecule has 0 aromatic heterocycles. The van der Waals surface area contributed by atoms with Crippen LogP contribution in [-0.4, -0.2) is 40.8 Å². The fourth-order valence-electron chi connectivity index (χ4n) is 2.97. The van der Waals surface area contributed by atoms with Crippen molar-refractivity contribution in [3.8, 4) is 0 Å². The number of nitrogens with zero attached hydrogens (tertiary/aromatic N) is 1. The summed E-state index contributed by atoms with van der Waals surface area (Å²) in [6, 6.07) is 0. The number of piperidine rings is 1. The Hall–Kier alpha value is -0.780. The first kappa shape index (κ1) is 19.3. The van der Waals surface area contributed by atoms with E-state index in [0.717, 1.165) is 25.7 Å². The second-order valence-corrected chi connectivity index (χ2v) is 6.70. The summed E-state index contributed by atoms with van der Waals surface area (Å²) in [5.41, 5.74) is -2.64. The van der Waals surface area contributed by atoms with Gasteiger partial charge in [-0.15, -0.1) is 0 Å². The number of unbranched alkanes of at least 4 members (excludes halogenated alkanes) is 2. The number of likely N-dealkylation sites (tertiary alicyclic amines) is 1. The van der Waals surface area contributed by atoms with Gasteiger partial charge in [-0.1, -0.05) is 40.0 Å². The lowest BCUT2D eigenvalue weighted by atomic mass is 9.86. The van der Waals surface area contributed by atoms with Crippen LogP contribution in [0.2, 0.25) is 0 Å². The normalized spacial score (nSPS) is 20.3. The van der Waals surface area contributed by atoms with Gasteiger partial charge in [-0.05, 0) is 12.3 Å². The molecule has 1 heterocycles. The lowest BCUT2D eigenvalue weighted by Crippen LogP contribution is -2.55. The fraction of sp³-hybridized carbons (Fsp3) is 0.938. The SMILES string of the molecule is CCCCCC(C(=O)N1CCC(O)(C(F)(F)F)CC1)C(C)C. The summed E-state index contributed by atoms with van der Waals surface area (Å²) in [4.78, 5) is 14.1. The van der Waals surface area contributed by atoms with Crippen LogP contribution in [0.4, 0.5) is 13.2 Å². The molecule has 1 fully saturated rings. The Morgan fingerprint density at radius 3 is 2.18 bits per heavy atom. The zero-order valence-electron chi connectivity index (χ0n) is 13.7. The van der Waals surface area contributed by atoms with Gasteiger partial charge in [0.15, 0.2) is 5.60 Å². The van der Waals surface area contributed by atoms with Crippen molar-refractivity contribution in [1.82, 2.24) is 4.90 Å². The third-order valence-electron chi connectivity index (χ3n) is 4.67. The Kier molecular flexibility index (Phi) is 6.71. The van der Waals surface area contributed by atoms with Crippen molar-refractivity contribution < 1.29 is 23.1 Å². The van der Waals surface area contributed by atoms with Gasteiger partial charge in [-0.3, -0.25) is 4.79 Å². The number of carbonyl (C=O) groups is 1. The van der Waals surface area contributed by atoms with E-state index < -0.39 is 24.6 Å². The minimum atomic E-state index is -4.62. The molecule has 1 aliphatic heterocycles. The third kappa shape index (κ3) is 4.61. The molecule has 1 saturated heterocycles. The highest BCUT2D eigenvalue weighted by Gasteiger charge is 2.55. The van der Waals surface area contributed by atoms with E-state index in [2.05, 4.69) is 6.92 Å². The summed E-state index contributed by atoms with van der Waals surface area (Å²) in [5.74, 6) is -0.0215. The summed E-state index contributed by atoms with van der Waals surface area (Å²) in [6.07, 6.45) is -1.60. The molecule has 3 nitrogen and oxygen atoms in total. The Balaban J connectivity index is 2.62. The van der Waals surface area contributed by atoms with Gasteiger partial charge >= 0.3 is 6.18 Å². The molecule has 1 amide bonds. The van der Waals surface area contributed by atoms with Gasteiger partial charge in [-0.25, -0.2) is 0 Å². The largest absolute Gasteiger partial charge is 0.417 e. The summed E-state index contributed by atoms with van der Waals surface area (Å²) < 4.78 is 38.4. The molecule has 1 unspecified atom stereocenters. The first-order chi connectivity index (χ1) is 10.1. The van der Waals surface area contributed by atoms with Crippen molar-refractivity contribution in [3.63, 3.8) is 0 Å². The van der Waals surface area contributed by atoms with Crippen molar-refractivity contribution in [1.29, 1.82) is 0 Å². The van der Waals surface area contributed by atoms with Crippen molar-refractivity contribution in [3.05, 3.63) is 0 Å². The van der Waals surface area contributed by atoms with Crippen molar-refractivity contribution in [2.45, 2.75) is 71.1 Å². The van der Waals surface area contributed by atoms with E-state index in [1.54, 1.807) is 0 Å². The van der Waals surface area contributed by atoms with Crippen LogP contribution < -0.4 is 0 Å². The maximum absolute atomic E-state index is 12.8. The molecule has 0 saturated carbocycles. The van der Waals surface area contributed by atoms with Crippen LogP contribution in [0.5, 0.6) is 0 Å². The number of carbonyl (C=O) groups excluding carboxylic acids is 1. The number of alkyl halides is 3. The number of aliphatic hydroxyl groups is 1. The molecule has 6 heteroatoms. The van der Waals surface area contributed by atoms with Crippen molar-refractivity contribution >= 4 is 5.91 Å². The molecule has 0 aliphatic carbocycles. The smallest absolute Gasteiger partial charge is 0.380 e. The molecule has 1 atom stereocenters. The molecule has 0 radical (unpaired) electrons. The second kappa shape index (κ2) is 7.66. The molecule has 130 valence electrons. The van der Waals surface area contributed by atoms with Gasteiger partial charge < -0.3 is 10.0 Å². The second-order valence-electron chi connectivity index (χ2n) is 6.70. The number of hydrogen-bond donors (Lipinski definition) is 1. The van der Waals surface area contributed by atoms with Crippen molar-refractivity contribution in [2.75, 3.05) is 13.1 Å². The Bertz CT molecular complexity index is 361. The Morgan fingerprint density at radius 1 is 1.23 bits per heavy atom. The predicted octanol–water partition coefficient (Wildman–Crippen LogP) is 3.75. The lowest BCUT2D eigenvalue weighted by Gasteiger charge is -2.40. The number of halogens is 3. The molecular weight excluding hydrogens is 295 g/mol. The van der Waals surface area contributed by atoms with E-state index in [1.807, 2.05) is 13.8 Å². The molecular formula is C16H28F3NO2. The lowest BCUT2D eigenvalue weighted by molar-refractivity contribution is -0.272. The van der Waals surface area contributed by atoms with Crippen LogP contribution >= 0.6 is 0 Å². The zero-order chi connectivity index (χ0) is 17.0. The van der Waals surface area contributed by atoms with E-state index in [9.17, 15) is 23.1 Å². The highest BCUT2D eigenvalue weighted by Crippen LogP contribution is 2.38. The predicted molar refractivity (Wildman–Crippen MR) is 79.3 cm³/mol. The first-order valence-corrected chi connectivity index (χ1v) is 8.20. The van der Waals surface area contributed by atoms with Gasteiger partial charge in [0.1, 0.15) is 0 Å². The van der Waals surface area contributed by atoms with Gasteiger partial charge in [0.05, 0.1) is 0 Å². The van der Waals surface area contributed by atoms with Crippen LogP contribution in [0.25, 0.3) is 0 Å². The highest BCUT2D eigenvalue weighted by molar-refractivity contribution is 5.79. The quantitative estimate of drug-likeness (QED) is 0.756. The topological polar surface area (TPSA) is 40.5 Å². The highest BCUT2D eigenvalue weighted by atomic mass is 19.4. The van der Waals surface area contributed by atoms with Gasteiger partial charge in [0.2, 0.25) is 5.91 Å². The Labute approximate surface area is 130 Å². The minimum Gasteiger partial charge on any atom is -0.380 e. The molecule has 0 bridgehead atoms. The van der Waals surface area contributed by atoms with Crippen molar-refractivity contribution in [2.24, 2.45) is 11.8 Å². The van der Waals surface area contributed by atoms with E-state index in [4.69, 9.17) is 0 Å². The molecule has 0 aromatic carbocycles. The van der Waals surface area contributed by atoms with Crippen LogP contribution in [0.15, 0.2) is 0 Å². The van der Waals surface area contributed by atoms with Gasteiger partial charge in [-0.2, -0.15) is 13.2 Å². The molecule has 0 spiro atoms. The van der Waals surface area contributed by atoms with Crippen LogP contribution in [0.3, 0.4) is 0 Å². The number of rotatable bonds is 6. The molecule has 22 heavy (non-hydrogen) atoms. The summed E-state index contributed by atoms with van der Waals surface area (Å²) in [7, 11) is 0. The van der Waals surface area contributed by atoms with E-state index in [1.165, 1.54) is 4.90 Å². The summed E-state index contributed by atoms with van der Waals surface area (Å²) in [5, 5.41) is 9.67. The van der Waals surface area contributed by atoms with Gasteiger partial charge in [0.25, 0.3) is 0 Å². The number of hydrogen-bond acceptors (Lipinski definition) is 2. The molecule has 1 aliphatic rings. The van der Waals surface area contributed by atoms with E-state index >= 15 is 0 Å². The average molecular weight is 323 g/mol. The maximum Gasteiger partial charge on any atom is 0.417 e. The fourth-order valence-corrected chi connectivity index (χ4v) is 2.97. The minimum absolute atomic E-state index is 0.0220. The average Bonchev–Trinajstić information content (AvgIpc) is 2.42. The zero-order valence-corrected chi connectivity index (χ0v) is 13.7. The third-order valence-corrected chi connectivity index (χ3v) is 4.67. The van der Waals surface area contributed by atoms with Crippen LogP contribution in [-0.2, 0) is 4.79 Å². The monoisotopic (exact) mass is 323 g/mol.